The summed E-state index contributed by atoms with van der Waals surface area (Å²) in [5.74, 6) is -0.446. The van der Waals surface area contributed by atoms with Gasteiger partial charge in [0.15, 0.2) is 11.6 Å². The lowest BCUT2D eigenvalue weighted by molar-refractivity contribution is -0.832. The Bertz CT molecular complexity index is 2080. The highest BCUT2D eigenvalue weighted by Gasteiger charge is 2.70. The van der Waals surface area contributed by atoms with Gasteiger partial charge < -0.3 is 20.4 Å². The van der Waals surface area contributed by atoms with E-state index in [0.717, 1.165) is 38.5 Å². The lowest BCUT2D eigenvalue weighted by Gasteiger charge is -2.70. The molecule has 0 radical (unpaired) electrons. The van der Waals surface area contributed by atoms with E-state index in [2.05, 4.69) is 56.6 Å². The number of carbonyl (C=O) groups excluding carboxylic acids is 3. The number of benzene rings is 1. The van der Waals surface area contributed by atoms with Gasteiger partial charge in [-0.3, -0.25) is 19.0 Å². The molecule has 7 rings (SSSR count). The molecule has 0 bridgehead atoms. The third-order valence-corrected chi connectivity index (χ3v) is 18.3. The van der Waals surface area contributed by atoms with Crippen LogP contribution in [0.5, 0.6) is 5.88 Å². The van der Waals surface area contributed by atoms with E-state index >= 15 is 0 Å². The fourth-order valence-electron chi connectivity index (χ4n) is 12.7. The van der Waals surface area contributed by atoms with Gasteiger partial charge in [0.05, 0.1) is 22.7 Å². The molecule has 1 amide bonds. The first-order valence-corrected chi connectivity index (χ1v) is 22.3. The molecular weight excluding hydrogens is 747 g/mol. The summed E-state index contributed by atoms with van der Waals surface area (Å²) in [7, 11) is -4.29. The van der Waals surface area contributed by atoms with Crippen LogP contribution >= 0.6 is 0 Å². The molecule has 1 heterocycles. The molecule has 57 heavy (non-hydrogen) atoms. The maximum absolute atomic E-state index is 14.7. The van der Waals surface area contributed by atoms with E-state index in [1.807, 2.05) is 13.0 Å². The number of aliphatic hydroxyl groups is 1. The van der Waals surface area contributed by atoms with Crippen LogP contribution in [0.4, 0.5) is 0 Å². The van der Waals surface area contributed by atoms with Crippen molar-refractivity contribution in [2.75, 3.05) is 6.54 Å². The molecule has 13 heteroatoms. The van der Waals surface area contributed by atoms with Gasteiger partial charge in [-0.1, -0.05) is 72.2 Å². The summed E-state index contributed by atoms with van der Waals surface area (Å²) in [6.45, 7) is 17.3. The third-order valence-electron chi connectivity index (χ3n) is 16.5. The second-order valence-corrected chi connectivity index (χ2v) is 22.0. The van der Waals surface area contributed by atoms with Crippen molar-refractivity contribution in [1.82, 2.24) is 10.5 Å². The molecule has 2 N–H and O–H groups in total. The molecule has 5 aliphatic carbocycles. The molecule has 1 aromatic heterocycles. The molecular formula is C44H61N3O9S. The number of amides is 1. The molecule has 1 aromatic carbocycles. The van der Waals surface area contributed by atoms with Crippen molar-refractivity contribution in [3.8, 4) is 5.88 Å². The van der Waals surface area contributed by atoms with Crippen LogP contribution in [0.25, 0.3) is 0 Å². The molecule has 0 spiro atoms. The van der Waals surface area contributed by atoms with Crippen molar-refractivity contribution < 1.29 is 42.2 Å². The standard InChI is InChI=1S/C44H61N3O9S/c1-27(55-36-37(47(52)56-46-36)57(53,54)29-12-10-9-11-13-29)14-15-28(48)26-45-38(51)41(5)21-20-40(4)22-23-43(7)30(31(40)25-41)24-32(49)35-42(6)18-17-34(50)39(2,3)33(42)16-19-44(35,43)8/h9-13,24,27,31,33-35,50H,14-23,25-26H2,1-8H3,(H,45,51)/t27?,31-,33-,34-,35+,40+,41-,42-,43+,44+/m0/s1. The molecule has 0 aliphatic heterocycles. The third kappa shape index (κ3) is 6.48. The van der Waals surface area contributed by atoms with Crippen LogP contribution in [-0.2, 0) is 24.2 Å². The number of carbonyl (C=O) groups is 3. The largest absolute Gasteiger partial charge is 0.451 e. The number of aliphatic hydroxyl groups excluding tert-OH is 1. The van der Waals surface area contributed by atoms with Crippen molar-refractivity contribution in [3.63, 3.8) is 0 Å². The Morgan fingerprint density at radius 3 is 2.40 bits per heavy atom. The number of sulfone groups is 1. The molecule has 2 aromatic rings. The van der Waals surface area contributed by atoms with Gasteiger partial charge in [0.1, 0.15) is 6.10 Å². The van der Waals surface area contributed by atoms with Crippen LogP contribution < -0.4 is 15.0 Å². The van der Waals surface area contributed by atoms with Crippen molar-refractivity contribution in [1.29, 1.82) is 0 Å². The second-order valence-electron chi connectivity index (χ2n) is 20.2. The van der Waals surface area contributed by atoms with Crippen LogP contribution in [0.1, 0.15) is 126 Å². The Morgan fingerprint density at radius 1 is 1.02 bits per heavy atom. The Labute approximate surface area is 337 Å². The number of hydrogen-bond acceptors (Lipinski definition) is 10. The molecule has 312 valence electrons. The monoisotopic (exact) mass is 807 g/mol. The predicted molar refractivity (Wildman–Crippen MR) is 210 cm³/mol. The number of rotatable bonds is 10. The summed E-state index contributed by atoms with van der Waals surface area (Å²) in [6.07, 6.45) is 8.84. The molecule has 4 fully saturated rings. The fourth-order valence-corrected chi connectivity index (χ4v) is 14.0. The Hall–Kier alpha value is -3.58. The number of fused-ring (bicyclic) bond motifs is 7. The van der Waals surface area contributed by atoms with Gasteiger partial charge >= 0.3 is 10.9 Å². The van der Waals surface area contributed by atoms with Crippen molar-refractivity contribution in [2.45, 2.75) is 148 Å². The average molecular weight is 808 g/mol. The fraction of sp³-hybridized carbons (Fsp3) is 0.705. The number of nitrogens with zero attached hydrogens (tertiary/aromatic N) is 2. The van der Waals surface area contributed by atoms with Gasteiger partial charge in [0, 0.05) is 17.8 Å². The van der Waals surface area contributed by atoms with E-state index in [9.17, 15) is 33.1 Å². The molecule has 5 aliphatic rings. The summed E-state index contributed by atoms with van der Waals surface area (Å²) in [5, 5.41) is 29.0. The first kappa shape index (κ1) is 41.6. The average Bonchev–Trinajstić information content (AvgIpc) is 3.53. The molecule has 0 saturated heterocycles. The highest BCUT2D eigenvalue weighted by atomic mass is 32.2. The maximum Gasteiger partial charge on any atom is 0.415 e. The first-order valence-electron chi connectivity index (χ1n) is 20.8. The highest BCUT2D eigenvalue weighted by Crippen LogP contribution is 2.75. The Morgan fingerprint density at radius 2 is 1.70 bits per heavy atom. The summed E-state index contributed by atoms with van der Waals surface area (Å²) in [5.41, 5.74) is -0.422. The predicted octanol–water partition coefficient (Wildman–Crippen LogP) is 6.72. The van der Waals surface area contributed by atoms with Gasteiger partial charge in [-0.15, -0.1) is 0 Å². The van der Waals surface area contributed by atoms with E-state index in [1.54, 1.807) is 13.0 Å². The number of ether oxygens (including phenoxy) is 1. The zero-order chi connectivity index (χ0) is 41.6. The topological polar surface area (TPSA) is 180 Å². The van der Waals surface area contributed by atoms with E-state index in [4.69, 9.17) is 4.74 Å². The smallest absolute Gasteiger partial charge is 0.415 e. The van der Waals surface area contributed by atoms with Gasteiger partial charge in [0.2, 0.25) is 5.91 Å². The Balaban J connectivity index is 1.01. The lowest BCUT2D eigenvalue weighted by atomic mass is 9.33. The summed E-state index contributed by atoms with van der Waals surface area (Å²) in [6, 6.07) is 7.40. The maximum atomic E-state index is 14.7. The summed E-state index contributed by atoms with van der Waals surface area (Å²) >= 11 is 0. The van der Waals surface area contributed by atoms with E-state index in [1.165, 1.54) is 29.8 Å². The van der Waals surface area contributed by atoms with Gasteiger partial charge in [0.25, 0.3) is 9.84 Å². The minimum Gasteiger partial charge on any atom is -0.451 e. The number of hydrogen-bond donors (Lipinski definition) is 2. The highest BCUT2D eigenvalue weighted by molar-refractivity contribution is 7.91. The minimum absolute atomic E-state index is 0.0336. The van der Waals surface area contributed by atoms with Crippen LogP contribution in [0.15, 0.2) is 56.5 Å². The quantitative estimate of drug-likeness (QED) is 0.245. The minimum atomic E-state index is -4.29. The zero-order valence-corrected chi connectivity index (χ0v) is 35.7. The van der Waals surface area contributed by atoms with Gasteiger partial charge in [-0.25, -0.2) is 8.42 Å². The number of allylic oxidation sites excluding steroid dienone is 2. The molecule has 1 unspecified atom stereocenters. The Kier molecular flexibility index (Phi) is 10.2. The lowest BCUT2D eigenvalue weighted by Crippen LogP contribution is -2.66. The molecule has 10 atom stereocenters. The number of ketones is 2. The van der Waals surface area contributed by atoms with Gasteiger partial charge in [-0.2, -0.15) is 0 Å². The SMILES string of the molecule is CC(CCC(=O)CNC(=O)[C@@]1(C)CC[C@]2(C)CC[C@]3(C)C(=CC(=O)[C@@H]4[C@@]5(C)CC[C@H](O)C(C)(C)[C@@H]5CC[C@]43C)[C@@H]2C1)Oc1no[n+]([O-])c1S(=O)(=O)c1ccccc1. The normalized spacial score (nSPS) is 37.7. The van der Waals surface area contributed by atoms with Crippen molar-refractivity contribution >= 4 is 27.3 Å². The van der Waals surface area contributed by atoms with Crippen LogP contribution in [0.3, 0.4) is 0 Å². The van der Waals surface area contributed by atoms with E-state index < -0.39 is 32.3 Å². The van der Waals surface area contributed by atoms with Crippen molar-refractivity contribution in [2.24, 2.45) is 50.2 Å². The summed E-state index contributed by atoms with van der Waals surface area (Å²) in [4.78, 5) is 41.4. The molecule has 4 saturated carbocycles. The molecule has 12 nitrogen and oxygen atoms in total. The summed E-state index contributed by atoms with van der Waals surface area (Å²) < 4.78 is 36.5. The number of Topliss-reactive ketones (excluding diaryl/α,β-unsaturated/α-hetero) is 1. The number of aromatic nitrogens is 2. The van der Waals surface area contributed by atoms with Gasteiger partial charge in [-0.05, 0) is 133 Å². The number of nitrogens with one attached hydrogen (secondary N) is 1. The van der Waals surface area contributed by atoms with Crippen molar-refractivity contribution in [3.05, 3.63) is 47.2 Å². The zero-order valence-electron chi connectivity index (χ0n) is 34.9. The van der Waals surface area contributed by atoms with Crippen LogP contribution in [-0.4, -0.2) is 54.9 Å². The van der Waals surface area contributed by atoms with E-state index in [-0.39, 0.29) is 97.6 Å². The van der Waals surface area contributed by atoms with Crippen LogP contribution in [0, 0.1) is 55.5 Å². The first-order chi connectivity index (χ1) is 26.5. The van der Waals surface area contributed by atoms with Crippen LogP contribution in [0.2, 0.25) is 0 Å². The second kappa shape index (κ2) is 14.0. The van der Waals surface area contributed by atoms with E-state index in [0.29, 0.717) is 19.3 Å².